The van der Waals surface area contributed by atoms with E-state index in [-0.39, 0.29) is 16.9 Å². The maximum absolute atomic E-state index is 11.1. The molecule has 0 radical (unpaired) electrons. The van der Waals surface area contributed by atoms with Crippen molar-refractivity contribution >= 4 is 36.2 Å². The van der Waals surface area contributed by atoms with Crippen LogP contribution in [0.3, 0.4) is 0 Å². The number of aromatic carboxylic acids is 2. The fourth-order valence-corrected chi connectivity index (χ4v) is 2.71. The van der Waals surface area contributed by atoms with Gasteiger partial charge in [0.05, 0.1) is 5.56 Å². The second-order valence-electron chi connectivity index (χ2n) is 6.35. The number of hydrogen-bond acceptors (Lipinski definition) is 3. The van der Waals surface area contributed by atoms with Crippen LogP contribution in [0.1, 0.15) is 43.0 Å². The van der Waals surface area contributed by atoms with Gasteiger partial charge in [-0.15, -0.1) is 0 Å². The molecule has 0 aliphatic heterocycles. The van der Waals surface area contributed by atoms with Crippen LogP contribution in [-0.4, -0.2) is 27.3 Å². The third kappa shape index (κ3) is 5.20. The van der Waals surface area contributed by atoms with Gasteiger partial charge in [-0.3, -0.25) is 0 Å². The highest BCUT2D eigenvalue weighted by molar-refractivity contribution is 5.92. The Bertz CT molecular complexity index is 1110. The number of benzene rings is 3. The molecule has 3 rings (SSSR count). The molecule has 3 aromatic rings. The molecule has 0 aromatic heterocycles. The van der Waals surface area contributed by atoms with Gasteiger partial charge in [-0.25, -0.2) is 9.59 Å². The quantitative estimate of drug-likeness (QED) is 0.511. The first-order valence-corrected chi connectivity index (χ1v) is 8.78. The lowest BCUT2D eigenvalue weighted by atomic mass is 10.1. The standard InChI is InChI=1S/C24H18O5/c25-22-13-12-19(15-21(22)24(28)29)11-9-17-6-4-16(5-7-17)8-10-18-2-1-3-20(14-18)23(26)27/h1-15,25H,(H,26,27)(H,28,29)/b10-8+,11-9+. The molecule has 0 saturated carbocycles. The monoisotopic (exact) mass is 386 g/mol. The molecule has 0 saturated heterocycles. The van der Waals surface area contributed by atoms with Gasteiger partial charge in [0.2, 0.25) is 0 Å². The second-order valence-corrected chi connectivity index (χ2v) is 6.35. The van der Waals surface area contributed by atoms with Crippen LogP contribution in [0.25, 0.3) is 24.3 Å². The zero-order valence-electron chi connectivity index (χ0n) is 15.3. The predicted octanol–water partition coefficient (Wildman–Crippen LogP) is 5.13. The van der Waals surface area contributed by atoms with Crippen LogP contribution in [0.15, 0.2) is 66.7 Å². The molecule has 0 fully saturated rings. The van der Waals surface area contributed by atoms with Crippen molar-refractivity contribution in [3.05, 3.63) is 100 Å². The third-order valence-corrected chi connectivity index (χ3v) is 4.26. The van der Waals surface area contributed by atoms with E-state index >= 15 is 0 Å². The minimum Gasteiger partial charge on any atom is -0.507 e. The van der Waals surface area contributed by atoms with Crippen molar-refractivity contribution in [2.45, 2.75) is 0 Å². The fourth-order valence-electron chi connectivity index (χ4n) is 2.71. The van der Waals surface area contributed by atoms with E-state index < -0.39 is 11.9 Å². The summed E-state index contributed by atoms with van der Waals surface area (Å²) in [7, 11) is 0. The first-order valence-electron chi connectivity index (χ1n) is 8.78. The maximum atomic E-state index is 11.1. The lowest BCUT2D eigenvalue weighted by Crippen LogP contribution is -1.96. The SMILES string of the molecule is O=C(O)c1cccc(/C=C/c2ccc(/C=C/c3ccc(O)c(C(=O)O)c3)cc2)c1. The summed E-state index contributed by atoms with van der Waals surface area (Å²) in [5, 5.41) is 27.7. The minimum atomic E-state index is -1.18. The van der Waals surface area contributed by atoms with Crippen molar-refractivity contribution < 1.29 is 24.9 Å². The van der Waals surface area contributed by atoms with Crippen LogP contribution in [0.5, 0.6) is 5.75 Å². The van der Waals surface area contributed by atoms with Gasteiger partial charge in [0.1, 0.15) is 11.3 Å². The highest BCUT2D eigenvalue weighted by Gasteiger charge is 2.08. The summed E-state index contributed by atoms with van der Waals surface area (Å²) >= 11 is 0. The second kappa shape index (κ2) is 8.71. The molecule has 0 aliphatic rings. The number of carbonyl (C=O) groups is 2. The Hall–Kier alpha value is -4.12. The van der Waals surface area contributed by atoms with Crippen LogP contribution >= 0.6 is 0 Å². The summed E-state index contributed by atoms with van der Waals surface area (Å²) in [6.07, 6.45) is 7.37. The minimum absolute atomic E-state index is 0.139. The van der Waals surface area contributed by atoms with Crippen LogP contribution in [0.4, 0.5) is 0 Å². The zero-order valence-corrected chi connectivity index (χ0v) is 15.3. The van der Waals surface area contributed by atoms with E-state index in [9.17, 15) is 14.7 Å². The van der Waals surface area contributed by atoms with Crippen molar-refractivity contribution in [1.82, 2.24) is 0 Å². The van der Waals surface area contributed by atoms with Gasteiger partial charge in [0.15, 0.2) is 0 Å². The molecule has 3 aromatic carbocycles. The van der Waals surface area contributed by atoms with E-state index in [1.165, 1.54) is 12.1 Å². The van der Waals surface area contributed by atoms with Gasteiger partial charge in [-0.2, -0.15) is 0 Å². The van der Waals surface area contributed by atoms with Gasteiger partial charge in [-0.05, 0) is 46.5 Å². The lowest BCUT2D eigenvalue weighted by Gasteiger charge is -2.01. The molecule has 0 bridgehead atoms. The molecule has 0 amide bonds. The van der Waals surface area contributed by atoms with Gasteiger partial charge in [-0.1, -0.05) is 66.8 Å². The molecule has 0 aliphatic carbocycles. The number of hydrogen-bond donors (Lipinski definition) is 3. The van der Waals surface area contributed by atoms with Gasteiger partial charge < -0.3 is 15.3 Å². The van der Waals surface area contributed by atoms with Gasteiger partial charge in [0, 0.05) is 0 Å². The average Bonchev–Trinajstić information content (AvgIpc) is 2.72. The molecule has 0 atom stereocenters. The van der Waals surface area contributed by atoms with Crippen LogP contribution in [0, 0.1) is 0 Å². The molecular formula is C24H18O5. The zero-order chi connectivity index (χ0) is 20.8. The number of carboxylic acids is 2. The fraction of sp³-hybridized carbons (Fsp3) is 0. The van der Waals surface area contributed by atoms with E-state index in [1.54, 1.807) is 30.3 Å². The van der Waals surface area contributed by atoms with E-state index in [0.717, 1.165) is 16.7 Å². The normalized spacial score (nSPS) is 11.2. The number of phenols is 1. The van der Waals surface area contributed by atoms with Crippen LogP contribution in [0.2, 0.25) is 0 Å². The molecule has 0 spiro atoms. The highest BCUT2D eigenvalue weighted by atomic mass is 16.4. The van der Waals surface area contributed by atoms with Crippen molar-refractivity contribution in [1.29, 1.82) is 0 Å². The Labute approximate surface area is 167 Å². The summed E-state index contributed by atoms with van der Waals surface area (Å²) in [5.41, 5.74) is 3.46. The Morgan fingerprint density at radius 3 is 1.69 bits per heavy atom. The van der Waals surface area contributed by atoms with Crippen LogP contribution in [-0.2, 0) is 0 Å². The molecule has 5 heteroatoms. The molecule has 29 heavy (non-hydrogen) atoms. The largest absolute Gasteiger partial charge is 0.507 e. The van der Waals surface area contributed by atoms with E-state index in [2.05, 4.69) is 0 Å². The third-order valence-electron chi connectivity index (χ3n) is 4.26. The molecule has 144 valence electrons. The van der Waals surface area contributed by atoms with Crippen molar-refractivity contribution in [2.75, 3.05) is 0 Å². The molecule has 3 N–H and O–H groups in total. The van der Waals surface area contributed by atoms with E-state index in [4.69, 9.17) is 10.2 Å². The number of carboxylic acid groups (broad SMARTS) is 2. The van der Waals surface area contributed by atoms with E-state index in [1.807, 2.05) is 48.6 Å². The summed E-state index contributed by atoms with van der Waals surface area (Å²) in [4.78, 5) is 22.1. The van der Waals surface area contributed by atoms with Crippen LogP contribution < -0.4 is 0 Å². The Morgan fingerprint density at radius 2 is 1.14 bits per heavy atom. The Kier molecular flexibility index (Phi) is 5.90. The predicted molar refractivity (Wildman–Crippen MR) is 113 cm³/mol. The summed E-state index contributed by atoms with van der Waals surface area (Å²) in [6.45, 7) is 0. The van der Waals surface area contributed by atoms with Crippen molar-refractivity contribution in [2.24, 2.45) is 0 Å². The first kappa shape index (κ1) is 19.6. The summed E-state index contributed by atoms with van der Waals surface area (Å²) in [6, 6.07) is 18.8. The molecule has 0 heterocycles. The van der Waals surface area contributed by atoms with Crippen molar-refractivity contribution in [3.8, 4) is 5.75 Å². The first-order chi connectivity index (χ1) is 13.9. The van der Waals surface area contributed by atoms with Gasteiger partial charge in [0.25, 0.3) is 0 Å². The lowest BCUT2D eigenvalue weighted by molar-refractivity contribution is 0.0684. The summed E-state index contributed by atoms with van der Waals surface area (Å²) in [5.74, 6) is -2.40. The van der Waals surface area contributed by atoms with Crippen molar-refractivity contribution in [3.63, 3.8) is 0 Å². The maximum Gasteiger partial charge on any atom is 0.339 e. The molecular weight excluding hydrogens is 368 g/mol. The highest BCUT2D eigenvalue weighted by Crippen LogP contribution is 2.20. The Morgan fingerprint density at radius 1 is 0.621 bits per heavy atom. The average molecular weight is 386 g/mol. The summed E-state index contributed by atoms with van der Waals surface area (Å²) < 4.78 is 0. The van der Waals surface area contributed by atoms with Gasteiger partial charge >= 0.3 is 11.9 Å². The molecule has 0 unspecified atom stereocenters. The smallest absolute Gasteiger partial charge is 0.339 e. The van der Waals surface area contributed by atoms with E-state index in [0.29, 0.717) is 5.56 Å². The number of aromatic hydroxyl groups is 1. The topological polar surface area (TPSA) is 94.8 Å². The Balaban J connectivity index is 1.71. The molecule has 5 nitrogen and oxygen atoms in total. The number of rotatable bonds is 6.